The van der Waals surface area contributed by atoms with Gasteiger partial charge in [0.1, 0.15) is 5.82 Å². The van der Waals surface area contributed by atoms with Crippen molar-refractivity contribution in [2.45, 2.75) is 24.3 Å². The van der Waals surface area contributed by atoms with Gasteiger partial charge in [-0.25, -0.2) is 4.68 Å². The average Bonchev–Trinajstić information content (AvgIpc) is 3.19. The van der Waals surface area contributed by atoms with Crippen LogP contribution in [-0.2, 0) is 4.79 Å². The van der Waals surface area contributed by atoms with Gasteiger partial charge in [-0.05, 0) is 37.4 Å². The molecule has 0 bridgehead atoms. The van der Waals surface area contributed by atoms with Crippen LogP contribution in [0.1, 0.15) is 28.3 Å². The summed E-state index contributed by atoms with van der Waals surface area (Å²) in [5.74, 6) is 0.816. The maximum Gasteiger partial charge on any atom is 0.238 e. The second-order valence-electron chi connectivity index (χ2n) is 5.76. The summed E-state index contributed by atoms with van der Waals surface area (Å²) in [7, 11) is 0. The molecular weight excluding hydrogens is 338 g/mol. The highest BCUT2D eigenvalue weighted by Crippen LogP contribution is 2.47. The SMILES string of the molecule is Cc1nn(-c2ccccc2)c2c1[C@H](c1cccs1)S[C@@H](C)C(=O)N2. The number of hydrogen-bond donors (Lipinski definition) is 1. The number of benzene rings is 1. The Morgan fingerprint density at radius 3 is 2.67 bits per heavy atom. The first kappa shape index (κ1) is 15.5. The molecule has 1 aliphatic heterocycles. The van der Waals surface area contributed by atoms with E-state index in [0.717, 1.165) is 22.8 Å². The third-order valence-corrected chi connectivity index (χ3v) is 6.59. The normalized spacial score (nSPS) is 20.3. The third kappa shape index (κ3) is 2.56. The first-order valence-corrected chi connectivity index (χ1v) is 9.62. The molecule has 0 aliphatic carbocycles. The van der Waals surface area contributed by atoms with Gasteiger partial charge in [0.05, 0.1) is 21.9 Å². The maximum atomic E-state index is 12.5. The van der Waals surface area contributed by atoms with Gasteiger partial charge in [-0.3, -0.25) is 4.79 Å². The van der Waals surface area contributed by atoms with E-state index in [2.05, 4.69) is 22.8 Å². The van der Waals surface area contributed by atoms with E-state index in [1.807, 2.05) is 48.9 Å². The summed E-state index contributed by atoms with van der Waals surface area (Å²) in [5, 5.41) is 9.89. The fourth-order valence-electron chi connectivity index (χ4n) is 2.93. The topological polar surface area (TPSA) is 46.9 Å². The van der Waals surface area contributed by atoms with Gasteiger partial charge in [0.2, 0.25) is 5.91 Å². The molecule has 0 fully saturated rings. The standard InChI is InChI=1S/C18H17N3OS2/c1-11-15-16(14-9-6-10-23-14)24-12(2)18(22)19-17(15)21(20-11)13-7-4-3-5-8-13/h3-10,12,16H,1-2H3,(H,19,22)/t12-,16-/m0/s1. The van der Waals surface area contributed by atoms with Gasteiger partial charge in [0.25, 0.3) is 0 Å². The number of hydrogen-bond acceptors (Lipinski definition) is 4. The van der Waals surface area contributed by atoms with Crippen molar-refractivity contribution in [3.63, 3.8) is 0 Å². The fraction of sp³-hybridized carbons (Fsp3) is 0.222. The van der Waals surface area contributed by atoms with E-state index in [0.29, 0.717) is 0 Å². The maximum absolute atomic E-state index is 12.5. The largest absolute Gasteiger partial charge is 0.309 e. The minimum atomic E-state index is -0.117. The van der Waals surface area contributed by atoms with Crippen molar-refractivity contribution in [1.82, 2.24) is 9.78 Å². The van der Waals surface area contributed by atoms with Crippen LogP contribution in [0.2, 0.25) is 0 Å². The molecule has 2 aromatic heterocycles. The molecule has 122 valence electrons. The summed E-state index contributed by atoms with van der Waals surface area (Å²) >= 11 is 3.41. The summed E-state index contributed by atoms with van der Waals surface area (Å²) in [6, 6.07) is 14.1. The molecule has 24 heavy (non-hydrogen) atoms. The molecule has 1 aliphatic rings. The van der Waals surface area contributed by atoms with Gasteiger partial charge in [-0.15, -0.1) is 23.1 Å². The van der Waals surface area contributed by atoms with E-state index in [4.69, 9.17) is 5.10 Å². The van der Waals surface area contributed by atoms with Crippen LogP contribution in [0.5, 0.6) is 0 Å². The van der Waals surface area contributed by atoms with Gasteiger partial charge in [-0.2, -0.15) is 5.10 Å². The summed E-state index contributed by atoms with van der Waals surface area (Å²) in [4.78, 5) is 13.8. The summed E-state index contributed by atoms with van der Waals surface area (Å²) in [6.45, 7) is 3.98. The van der Waals surface area contributed by atoms with Crippen LogP contribution in [0.25, 0.3) is 5.69 Å². The summed E-state index contributed by atoms with van der Waals surface area (Å²) in [6.07, 6.45) is 0. The van der Waals surface area contributed by atoms with Gasteiger partial charge < -0.3 is 5.32 Å². The van der Waals surface area contributed by atoms with Crippen LogP contribution >= 0.6 is 23.1 Å². The number of thiophene rings is 1. The molecule has 0 saturated heterocycles. The number of thioether (sulfide) groups is 1. The fourth-order valence-corrected chi connectivity index (χ4v) is 5.20. The van der Waals surface area contributed by atoms with E-state index in [-0.39, 0.29) is 16.4 Å². The Labute approximate surface area is 148 Å². The predicted octanol–water partition coefficient (Wildman–Crippen LogP) is 4.41. The van der Waals surface area contributed by atoms with Gasteiger partial charge >= 0.3 is 0 Å². The number of para-hydroxylation sites is 1. The lowest BCUT2D eigenvalue weighted by molar-refractivity contribution is -0.115. The number of anilines is 1. The molecule has 1 N–H and O–H groups in total. The van der Waals surface area contributed by atoms with E-state index in [1.54, 1.807) is 23.1 Å². The molecule has 0 spiro atoms. The van der Waals surface area contributed by atoms with Crippen LogP contribution in [0, 0.1) is 6.92 Å². The van der Waals surface area contributed by atoms with Crippen LogP contribution in [-0.4, -0.2) is 20.9 Å². The Morgan fingerprint density at radius 2 is 1.96 bits per heavy atom. The molecule has 0 saturated carbocycles. The van der Waals surface area contributed by atoms with E-state index >= 15 is 0 Å². The van der Waals surface area contributed by atoms with Gasteiger partial charge in [0, 0.05) is 10.4 Å². The van der Waals surface area contributed by atoms with E-state index in [1.165, 1.54) is 4.88 Å². The Hall–Kier alpha value is -2.05. The van der Waals surface area contributed by atoms with Crippen molar-refractivity contribution < 1.29 is 4.79 Å². The first-order valence-electron chi connectivity index (χ1n) is 7.80. The number of aryl methyl sites for hydroxylation is 1. The highest BCUT2D eigenvalue weighted by Gasteiger charge is 2.34. The molecule has 1 amide bonds. The lowest BCUT2D eigenvalue weighted by atomic mass is 10.1. The molecule has 6 heteroatoms. The zero-order chi connectivity index (χ0) is 16.7. The molecule has 4 nitrogen and oxygen atoms in total. The minimum Gasteiger partial charge on any atom is -0.309 e. The van der Waals surface area contributed by atoms with Crippen LogP contribution in [0.3, 0.4) is 0 Å². The lowest BCUT2D eigenvalue weighted by Crippen LogP contribution is -2.22. The molecule has 3 heterocycles. The number of fused-ring (bicyclic) bond motifs is 1. The number of nitrogens with one attached hydrogen (secondary N) is 1. The van der Waals surface area contributed by atoms with Gasteiger partial charge in [-0.1, -0.05) is 24.3 Å². The molecule has 2 atom stereocenters. The Morgan fingerprint density at radius 1 is 1.17 bits per heavy atom. The minimum absolute atomic E-state index is 0.0254. The Kier molecular flexibility index (Phi) is 3.94. The number of aromatic nitrogens is 2. The second kappa shape index (κ2) is 6.11. The van der Waals surface area contributed by atoms with Crippen molar-refractivity contribution in [2.75, 3.05) is 5.32 Å². The number of rotatable bonds is 2. The van der Waals surface area contributed by atoms with Crippen molar-refractivity contribution in [3.8, 4) is 5.69 Å². The molecule has 0 unspecified atom stereocenters. The highest BCUT2D eigenvalue weighted by atomic mass is 32.2. The molecule has 1 aromatic carbocycles. The third-order valence-electron chi connectivity index (χ3n) is 4.12. The Balaban J connectivity index is 1.92. The van der Waals surface area contributed by atoms with Crippen molar-refractivity contribution in [1.29, 1.82) is 0 Å². The number of nitrogens with zero attached hydrogens (tertiary/aromatic N) is 2. The van der Waals surface area contributed by atoms with E-state index < -0.39 is 0 Å². The number of amides is 1. The van der Waals surface area contributed by atoms with E-state index in [9.17, 15) is 4.79 Å². The smallest absolute Gasteiger partial charge is 0.238 e. The predicted molar refractivity (Wildman–Crippen MR) is 100 cm³/mol. The van der Waals surface area contributed by atoms with Crippen molar-refractivity contribution in [3.05, 3.63) is 64.0 Å². The van der Waals surface area contributed by atoms with Crippen molar-refractivity contribution >= 4 is 34.8 Å². The van der Waals surface area contributed by atoms with Crippen LogP contribution < -0.4 is 5.32 Å². The monoisotopic (exact) mass is 355 g/mol. The number of carbonyl (C=O) groups is 1. The van der Waals surface area contributed by atoms with Crippen LogP contribution in [0.4, 0.5) is 5.82 Å². The zero-order valence-electron chi connectivity index (χ0n) is 13.4. The van der Waals surface area contributed by atoms with Gasteiger partial charge in [0.15, 0.2) is 0 Å². The Bertz CT molecular complexity index is 871. The molecule has 4 rings (SSSR count). The summed E-state index contributed by atoms with van der Waals surface area (Å²) in [5.41, 5.74) is 3.00. The molecular formula is C18H17N3OS2. The lowest BCUT2D eigenvalue weighted by Gasteiger charge is -2.15. The van der Waals surface area contributed by atoms with Crippen LogP contribution in [0.15, 0.2) is 47.8 Å². The van der Waals surface area contributed by atoms with Crippen molar-refractivity contribution in [2.24, 2.45) is 0 Å². The molecule has 0 radical (unpaired) electrons. The average molecular weight is 355 g/mol. The number of carbonyl (C=O) groups excluding carboxylic acids is 1. The zero-order valence-corrected chi connectivity index (χ0v) is 15.0. The summed E-state index contributed by atoms with van der Waals surface area (Å²) < 4.78 is 1.85. The first-order chi connectivity index (χ1) is 11.6. The second-order valence-corrected chi connectivity index (χ2v) is 8.19. The highest BCUT2D eigenvalue weighted by molar-refractivity contribution is 8.01. The quantitative estimate of drug-likeness (QED) is 0.741. The molecule has 3 aromatic rings.